The number of rotatable bonds is 5. The Kier molecular flexibility index (Phi) is 4.51. The van der Waals surface area contributed by atoms with Crippen molar-refractivity contribution in [2.45, 2.75) is 25.8 Å². The largest absolute Gasteiger partial charge is 0.467 e. The van der Waals surface area contributed by atoms with Gasteiger partial charge in [-0.1, -0.05) is 13.0 Å². The van der Waals surface area contributed by atoms with Crippen LogP contribution in [-0.4, -0.2) is 36.2 Å². The molecule has 2 rings (SSSR count). The average Bonchev–Trinajstić information content (AvgIpc) is 2.96. The molecule has 1 aromatic carbocycles. The lowest BCUT2D eigenvalue weighted by atomic mass is 10.0. The monoisotopic (exact) mass is 305 g/mol. The number of aryl methyl sites for hydroxylation is 1. The number of fused-ring (bicyclic) bond motifs is 1. The lowest BCUT2D eigenvalue weighted by Crippen LogP contribution is -2.55. The van der Waals surface area contributed by atoms with Crippen molar-refractivity contribution in [3.05, 3.63) is 35.6 Å². The van der Waals surface area contributed by atoms with Gasteiger partial charge in [0.05, 0.1) is 19.3 Å². The van der Waals surface area contributed by atoms with Crippen LogP contribution in [0.1, 0.15) is 29.8 Å². The van der Waals surface area contributed by atoms with Gasteiger partial charge in [0, 0.05) is 5.39 Å². The van der Waals surface area contributed by atoms with Gasteiger partial charge in [-0.3, -0.25) is 4.79 Å². The number of carbonyl (C=O) groups excluding carboxylic acids is 2. The maximum atomic E-state index is 12.4. The summed E-state index contributed by atoms with van der Waals surface area (Å²) in [6, 6.07) is 5.61. The normalized spacial score (nSPS) is 13.6. The second kappa shape index (κ2) is 6.19. The van der Waals surface area contributed by atoms with Gasteiger partial charge in [-0.05, 0) is 31.0 Å². The summed E-state index contributed by atoms with van der Waals surface area (Å²) >= 11 is 0. The average molecular weight is 305 g/mol. The zero-order valence-corrected chi connectivity index (χ0v) is 12.8. The maximum Gasteiger partial charge on any atom is 0.333 e. The summed E-state index contributed by atoms with van der Waals surface area (Å²) in [6.07, 6.45) is 2.17. The summed E-state index contributed by atoms with van der Waals surface area (Å²) in [4.78, 5) is 24.1. The highest BCUT2D eigenvalue weighted by Crippen LogP contribution is 2.23. The number of carbonyl (C=O) groups is 2. The van der Waals surface area contributed by atoms with E-state index in [1.165, 1.54) is 20.3 Å². The van der Waals surface area contributed by atoms with Gasteiger partial charge in [-0.25, -0.2) is 4.79 Å². The van der Waals surface area contributed by atoms with Crippen molar-refractivity contribution in [2.75, 3.05) is 13.7 Å². The fraction of sp³-hybridized carbons (Fsp3) is 0.375. The molecule has 1 amide bonds. The second-order valence-electron chi connectivity index (χ2n) is 5.27. The number of hydrogen-bond acceptors (Lipinski definition) is 5. The van der Waals surface area contributed by atoms with Crippen molar-refractivity contribution in [3.63, 3.8) is 0 Å². The van der Waals surface area contributed by atoms with Crippen molar-refractivity contribution in [3.8, 4) is 0 Å². The van der Waals surface area contributed by atoms with Crippen LogP contribution in [0.4, 0.5) is 0 Å². The topological polar surface area (TPSA) is 88.8 Å². The van der Waals surface area contributed by atoms with Crippen LogP contribution in [0.2, 0.25) is 0 Å². The third-order valence-corrected chi connectivity index (χ3v) is 3.63. The van der Waals surface area contributed by atoms with Crippen LogP contribution in [-0.2, 0) is 16.0 Å². The Morgan fingerprint density at radius 3 is 2.73 bits per heavy atom. The lowest BCUT2D eigenvalue weighted by Gasteiger charge is -2.25. The van der Waals surface area contributed by atoms with E-state index in [4.69, 9.17) is 4.42 Å². The van der Waals surface area contributed by atoms with E-state index in [1.54, 1.807) is 6.07 Å². The van der Waals surface area contributed by atoms with Gasteiger partial charge in [-0.2, -0.15) is 0 Å². The number of aliphatic hydroxyl groups excluding tert-OH is 1. The lowest BCUT2D eigenvalue weighted by molar-refractivity contribution is -0.149. The molecule has 0 aliphatic carbocycles. The number of hydrogen-bond donors (Lipinski definition) is 2. The highest BCUT2D eigenvalue weighted by atomic mass is 16.5. The first-order chi connectivity index (χ1) is 10.4. The summed E-state index contributed by atoms with van der Waals surface area (Å²) in [5.41, 5.74) is 0.471. The highest BCUT2D eigenvalue weighted by Gasteiger charge is 2.36. The smallest absolute Gasteiger partial charge is 0.333 e. The molecular formula is C16H19NO5. The SMILES string of the molecule is CCc1ccc2occ(C(=O)NC(C)(CO)C(=O)OC)c2c1. The molecule has 2 N–H and O–H groups in total. The van der Waals surface area contributed by atoms with Gasteiger partial charge in [0.2, 0.25) is 0 Å². The Morgan fingerprint density at radius 2 is 2.14 bits per heavy atom. The Hall–Kier alpha value is -2.34. The Balaban J connectivity index is 2.35. The molecule has 0 aliphatic rings. The maximum absolute atomic E-state index is 12.4. The second-order valence-corrected chi connectivity index (χ2v) is 5.27. The molecule has 0 fully saturated rings. The third kappa shape index (κ3) is 2.82. The van der Waals surface area contributed by atoms with Gasteiger partial charge >= 0.3 is 5.97 Å². The first-order valence-electron chi connectivity index (χ1n) is 6.97. The number of methoxy groups -OCH3 is 1. The van der Waals surface area contributed by atoms with Gasteiger partial charge in [0.25, 0.3) is 5.91 Å². The van der Waals surface area contributed by atoms with E-state index in [1.807, 2.05) is 19.1 Å². The molecule has 2 aromatic rings. The first-order valence-corrected chi connectivity index (χ1v) is 6.97. The number of esters is 1. The van der Waals surface area contributed by atoms with Gasteiger partial charge < -0.3 is 19.6 Å². The highest BCUT2D eigenvalue weighted by molar-refractivity contribution is 6.07. The molecule has 22 heavy (non-hydrogen) atoms. The fourth-order valence-corrected chi connectivity index (χ4v) is 2.17. The standard InChI is InChI=1S/C16H19NO5/c1-4-10-5-6-13-11(7-10)12(8-22-13)14(19)17-16(2,9-18)15(20)21-3/h5-8,18H,4,9H2,1-3H3,(H,17,19). The van der Waals surface area contributed by atoms with Crippen LogP contribution < -0.4 is 5.32 Å². The number of nitrogens with one attached hydrogen (secondary N) is 1. The Bertz CT molecular complexity index is 706. The molecule has 1 atom stereocenters. The number of aliphatic hydroxyl groups is 1. The summed E-state index contributed by atoms with van der Waals surface area (Å²) in [5, 5.41) is 12.6. The van der Waals surface area contributed by atoms with Gasteiger partial charge in [-0.15, -0.1) is 0 Å². The zero-order chi connectivity index (χ0) is 16.3. The van der Waals surface area contributed by atoms with Crippen molar-refractivity contribution < 1.29 is 23.8 Å². The Labute approximate surface area is 128 Å². The number of ether oxygens (including phenoxy) is 1. The molecule has 118 valence electrons. The molecule has 0 bridgehead atoms. The summed E-state index contributed by atoms with van der Waals surface area (Å²) in [6.45, 7) is 2.85. The molecule has 1 unspecified atom stereocenters. The minimum atomic E-state index is -1.50. The van der Waals surface area contributed by atoms with Crippen molar-refractivity contribution in [1.82, 2.24) is 5.32 Å². The summed E-state index contributed by atoms with van der Waals surface area (Å²) in [7, 11) is 1.20. The van der Waals surface area contributed by atoms with E-state index < -0.39 is 24.0 Å². The van der Waals surface area contributed by atoms with Crippen LogP contribution in [0.3, 0.4) is 0 Å². The number of benzene rings is 1. The Morgan fingerprint density at radius 1 is 1.41 bits per heavy atom. The van der Waals surface area contributed by atoms with E-state index in [-0.39, 0.29) is 0 Å². The molecule has 0 radical (unpaired) electrons. The van der Waals surface area contributed by atoms with Crippen molar-refractivity contribution in [1.29, 1.82) is 0 Å². The van der Waals surface area contributed by atoms with Crippen molar-refractivity contribution in [2.24, 2.45) is 0 Å². The van der Waals surface area contributed by atoms with E-state index in [0.717, 1.165) is 12.0 Å². The minimum Gasteiger partial charge on any atom is -0.467 e. The predicted molar refractivity (Wildman–Crippen MR) is 80.6 cm³/mol. The zero-order valence-electron chi connectivity index (χ0n) is 12.8. The van der Waals surface area contributed by atoms with Crippen molar-refractivity contribution >= 4 is 22.8 Å². The molecule has 0 spiro atoms. The predicted octanol–water partition coefficient (Wildman–Crippen LogP) is 1.65. The molecular weight excluding hydrogens is 286 g/mol. The fourth-order valence-electron chi connectivity index (χ4n) is 2.17. The third-order valence-electron chi connectivity index (χ3n) is 3.63. The van der Waals surface area contributed by atoms with E-state index >= 15 is 0 Å². The van der Waals surface area contributed by atoms with Gasteiger partial charge in [0.1, 0.15) is 11.8 Å². The van der Waals surface area contributed by atoms with Crippen LogP contribution in [0.25, 0.3) is 11.0 Å². The first kappa shape index (κ1) is 16.0. The van der Waals surface area contributed by atoms with E-state index in [9.17, 15) is 14.7 Å². The minimum absolute atomic E-state index is 0.314. The molecule has 1 heterocycles. The summed E-state index contributed by atoms with van der Waals surface area (Å²) in [5.74, 6) is -1.22. The molecule has 1 aromatic heterocycles. The van der Waals surface area contributed by atoms with E-state index in [0.29, 0.717) is 16.5 Å². The van der Waals surface area contributed by atoms with Crippen LogP contribution in [0.5, 0.6) is 0 Å². The molecule has 0 saturated heterocycles. The van der Waals surface area contributed by atoms with Crippen LogP contribution in [0.15, 0.2) is 28.9 Å². The van der Waals surface area contributed by atoms with Crippen LogP contribution in [0, 0.1) is 0 Å². The quantitative estimate of drug-likeness (QED) is 0.820. The summed E-state index contributed by atoms with van der Waals surface area (Å²) < 4.78 is 9.98. The number of furan rings is 1. The number of amides is 1. The van der Waals surface area contributed by atoms with Crippen LogP contribution >= 0.6 is 0 Å². The molecule has 0 aliphatic heterocycles. The molecule has 6 heteroatoms. The van der Waals surface area contributed by atoms with E-state index in [2.05, 4.69) is 10.1 Å². The molecule has 6 nitrogen and oxygen atoms in total. The molecule has 0 saturated carbocycles. The van der Waals surface area contributed by atoms with Gasteiger partial charge in [0.15, 0.2) is 5.54 Å².